The first-order chi connectivity index (χ1) is 10.8. The van der Waals surface area contributed by atoms with E-state index in [9.17, 15) is 18.0 Å². The number of imidazole rings is 1. The fraction of sp³-hybridized carbons (Fsp3) is 0.286. The summed E-state index contributed by atoms with van der Waals surface area (Å²) in [4.78, 5) is 14.4. The summed E-state index contributed by atoms with van der Waals surface area (Å²) in [5.41, 5.74) is -0.447. The summed E-state index contributed by atoms with van der Waals surface area (Å²) in [5.74, 6) is -1.04. The van der Waals surface area contributed by atoms with E-state index in [1.54, 1.807) is 4.57 Å². The molecular formula is C14H14F3N3O3. The molecule has 2 rings (SSSR count). The van der Waals surface area contributed by atoms with E-state index >= 15 is 0 Å². The Balaban J connectivity index is 2.01. The van der Waals surface area contributed by atoms with Crippen molar-refractivity contribution in [2.45, 2.75) is 12.7 Å². The summed E-state index contributed by atoms with van der Waals surface area (Å²) < 4.78 is 44.5. The fourth-order valence-corrected chi connectivity index (χ4v) is 1.93. The number of hydrogen-bond donors (Lipinski definition) is 2. The van der Waals surface area contributed by atoms with Crippen molar-refractivity contribution in [3.63, 3.8) is 0 Å². The van der Waals surface area contributed by atoms with Crippen LogP contribution in [0, 0.1) is 0 Å². The Morgan fingerprint density at radius 3 is 2.74 bits per heavy atom. The lowest BCUT2D eigenvalue weighted by Gasteiger charge is -2.14. The van der Waals surface area contributed by atoms with Crippen LogP contribution in [0.2, 0.25) is 0 Å². The van der Waals surface area contributed by atoms with E-state index in [2.05, 4.69) is 10.3 Å². The van der Waals surface area contributed by atoms with Crippen molar-refractivity contribution in [2.75, 3.05) is 19.0 Å². The fourth-order valence-electron chi connectivity index (χ4n) is 1.93. The molecule has 2 aromatic rings. The highest BCUT2D eigenvalue weighted by molar-refractivity contribution is 5.84. The number of carbonyl (C=O) groups is 1. The molecule has 0 aliphatic carbocycles. The number of carboxylic acids is 1. The molecule has 0 amide bonds. The standard InChI is InChI=1S/C14H14F3N3O3/c1-23-12-6-9(14(15,16)17)2-3-10(12)18-4-5-20-7-11(13(21)22)19-8-20/h2-3,6-8,18H,4-5H2,1H3,(H,21,22). The number of carboxylic acid groups (broad SMARTS) is 1. The zero-order chi connectivity index (χ0) is 17.0. The summed E-state index contributed by atoms with van der Waals surface area (Å²) in [6.07, 6.45) is -1.70. The van der Waals surface area contributed by atoms with Gasteiger partial charge in [0, 0.05) is 19.3 Å². The van der Waals surface area contributed by atoms with Gasteiger partial charge in [-0.3, -0.25) is 0 Å². The second kappa shape index (κ2) is 6.59. The van der Waals surface area contributed by atoms with E-state index in [-0.39, 0.29) is 11.4 Å². The van der Waals surface area contributed by atoms with Crippen molar-refractivity contribution in [3.8, 4) is 5.75 Å². The molecule has 1 aromatic carbocycles. The number of hydrogen-bond acceptors (Lipinski definition) is 4. The lowest BCUT2D eigenvalue weighted by Crippen LogP contribution is -2.11. The topological polar surface area (TPSA) is 76.4 Å². The molecule has 1 aromatic heterocycles. The van der Waals surface area contributed by atoms with Gasteiger partial charge in [-0.05, 0) is 18.2 Å². The molecule has 0 atom stereocenters. The molecule has 9 heteroatoms. The number of aromatic nitrogens is 2. The van der Waals surface area contributed by atoms with Crippen LogP contribution in [0.25, 0.3) is 0 Å². The normalized spacial score (nSPS) is 11.3. The van der Waals surface area contributed by atoms with Crippen molar-refractivity contribution < 1.29 is 27.8 Å². The number of nitrogens with zero attached hydrogens (tertiary/aromatic N) is 2. The van der Waals surface area contributed by atoms with Gasteiger partial charge in [0.2, 0.25) is 0 Å². The Bertz CT molecular complexity index is 698. The molecule has 0 aliphatic rings. The number of aromatic carboxylic acids is 1. The zero-order valence-corrected chi connectivity index (χ0v) is 12.1. The maximum absolute atomic E-state index is 12.6. The Kier molecular flexibility index (Phi) is 4.77. The van der Waals surface area contributed by atoms with E-state index in [0.717, 1.165) is 12.1 Å². The highest BCUT2D eigenvalue weighted by atomic mass is 19.4. The van der Waals surface area contributed by atoms with E-state index in [4.69, 9.17) is 9.84 Å². The SMILES string of the molecule is COc1cc(C(F)(F)F)ccc1NCCn1cnc(C(=O)O)c1. The van der Waals surface area contributed by atoms with Crippen LogP contribution in [-0.2, 0) is 12.7 Å². The minimum atomic E-state index is -4.43. The molecule has 23 heavy (non-hydrogen) atoms. The minimum Gasteiger partial charge on any atom is -0.495 e. The minimum absolute atomic E-state index is 0.0721. The summed E-state index contributed by atoms with van der Waals surface area (Å²) >= 11 is 0. The van der Waals surface area contributed by atoms with Gasteiger partial charge in [0.1, 0.15) is 5.75 Å². The number of alkyl halides is 3. The van der Waals surface area contributed by atoms with Crippen molar-refractivity contribution in [2.24, 2.45) is 0 Å². The molecule has 6 nitrogen and oxygen atoms in total. The van der Waals surface area contributed by atoms with Crippen molar-refractivity contribution in [1.29, 1.82) is 0 Å². The Labute approximate surface area is 129 Å². The van der Waals surface area contributed by atoms with Gasteiger partial charge in [-0.25, -0.2) is 9.78 Å². The average Bonchev–Trinajstić information content (AvgIpc) is 2.95. The van der Waals surface area contributed by atoms with Gasteiger partial charge in [0.05, 0.1) is 24.7 Å². The predicted octanol–water partition coefficient (Wildman–Crippen LogP) is 2.72. The molecular weight excluding hydrogens is 315 g/mol. The van der Waals surface area contributed by atoms with Crippen LogP contribution in [-0.4, -0.2) is 34.3 Å². The van der Waals surface area contributed by atoms with Gasteiger partial charge in [0.15, 0.2) is 5.69 Å². The molecule has 2 N–H and O–H groups in total. The predicted molar refractivity (Wildman–Crippen MR) is 75.7 cm³/mol. The maximum Gasteiger partial charge on any atom is 0.416 e. The van der Waals surface area contributed by atoms with E-state index in [0.29, 0.717) is 18.8 Å². The molecule has 0 saturated carbocycles. The van der Waals surface area contributed by atoms with Crippen molar-refractivity contribution in [3.05, 3.63) is 42.0 Å². The monoisotopic (exact) mass is 329 g/mol. The zero-order valence-electron chi connectivity index (χ0n) is 12.1. The third-order valence-corrected chi connectivity index (χ3v) is 3.07. The van der Waals surface area contributed by atoms with E-state index in [1.165, 1.54) is 25.7 Å². The first-order valence-corrected chi connectivity index (χ1v) is 6.55. The molecule has 0 aliphatic heterocycles. The summed E-state index contributed by atoms with van der Waals surface area (Å²) in [6.45, 7) is 0.752. The third kappa shape index (κ3) is 4.15. The average molecular weight is 329 g/mol. The highest BCUT2D eigenvalue weighted by Gasteiger charge is 2.31. The Morgan fingerprint density at radius 2 is 2.17 bits per heavy atom. The maximum atomic E-state index is 12.6. The first-order valence-electron chi connectivity index (χ1n) is 6.55. The lowest BCUT2D eigenvalue weighted by molar-refractivity contribution is -0.137. The molecule has 0 bridgehead atoms. The van der Waals surface area contributed by atoms with Crippen molar-refractivity contribution >= 4 is 11.7 Å². The van der Waals surface area contributed by atoms with E-state index < -0.39 is 17.7 Å². The number of rotatable bonds is 6. The number of anilines is 1. The number of methoxy groups -OCH3 is 1. The second-order valence-corrected chi connectivity index (χ2v) is 4.64. The number of ether oxygens (including phenoxy) is 1. The molecule has 0 spiro atoms. The summed E-state index contributed by atoms with van der Waals surface area (Å²) in [5, 5.41) is 11.7. The van der Waals surface area contributed by atoms with Gasteiger partial charge in [-0.2, -0.15) is 13.2 Å². The number of benzene rings is 1. The van der Waals surface area contributed by atoms with E-state index in [1.807, 2.05) is 0 Å². The molecule has 0 fully saturated rings. The van der Waals surface area contributed by atoms with Gasteiger partial charge in [-0.15, -0.1) is 0 Å². The molecule has 0 unspecified atom stereocenters. The van der Waals surface area contributed by atoms with Gasteiger partial charge in [0.25, 0.3) is 0 Å². The third-order valence-electron chi connectivity index (χ3n) is 3.07. The molecule has 124 valence electrons. The van der Waals surface area contributed by atoms with Crippen LogP contribution in [0.3, 0.4) is 0 Å². The van der Waals surface area contributed by atoms with Gasteiger partial charge in [-0.1, -0.05) is 0 Å². The second-order valence-electron chi connectivity index (χ2n) is 4.64. The first kappa shape index (κ1) is 16.7. The Hall–Kier alpha value is -2.71. The van der Waals surface area contributed by atoms with Crippen LogP contribution < -0.4 is 10.1 Å². The van der Waals surface area contributed by atoms with Gasteiger partial charge < -0.3 is 19.7 Å². The molecule has 0 saturated heterocycles. The number of nitrogens with one attached hydrogen (secondary N) is 1. The number of halogens is 3. The van der Waals surface area contributed by atoms with Crippen LogP contribution in [0.5, 0.6) is 5.75 Å². The van der Waals surface area contributed by atoms with Crippen molar-refractivity contribution in [1.82, 2.24) is 9.55 Å². The van der Waals surface area contributed by atoms with Gasteiger partial charge >= 0.3 is 12.1 Å². The summed E-state index contributed by atoms with van der Waals surface area (Å²) in [6, 6.07) is 3.17. The molecule has 0 radical (unpaired) electrons. The highest BCUT2D eigenvalue weighted by Crippen LogP contribution is 2.34. The van der Waals surface area contributed by atoms with Crippen LogP contribution in [0.15, 0.2) is 30.7 Å². The van der Waals surface area contributed by atoms with Crippen LogP contribution in [0.1, 0.15) is 16.1 Å². The molecule has 1 heterocycles. The van der Waals surface area contributed by atoms with Crippen LogP contribution >= 0.6 is 0 Å². The Morgan fingerprint density at radius 1 is 1.43 bits per heavy atom. The van der Waals surface area contributed by atoms with Crippen LogP contribution in [0.4, 0.5) is 18.9 Å². The largest absolute Gasteiger partial charge is 0.495 e. The lowest BCUT2D eigenvalue weighted by atomic mass is 10.2. The smallest absolute Gasteiger partial charge is 0.416 e. The quantitative estimate of drug-likeness (QED) is 0.852. The summed E-state index contributed by atoms with van der Waals surface area (Å²) in [7, 11) is 1.29.